The van der Waals surface area contributed by atoms with E-state index in [2.05, 4.69) is 38.7 Å². The normalized spacial score (nSPS) is 11.7. The quantitative estimate of drug-likeness (QED) is 0.715. The number of nitrogens with zero attached hydrogens (tertiary/aromatic N) is 1. The van der Waals surface area contributed by atoms with Crippen molar-refractivity contribution in [3.63, 3.8) is 0 Å². The Morgan fingerprint density at radius 2 is 1.58 bits per heavy atom. The monoisotopic (exact) mass is 257 g/mol. The zero-order valence-electron chi connectivity index (χ0n) is 12.2. The molecule has 2 rings (SSSR count). The van der Waals surface area contributed by atoms with E-state index in [9.17, 15) is 4.39 Å². The molecule has 0 unspecified atom stereocenters. The Bertz CT molecular complexity index is 609. The summed E-state index contributed by atoms with van der Waals surface area (Å²) in [7, 11) is 0. The second-order valence-electron chi connectivity index (χ2n) is 6.09. The maximum Gasteiger partial charge on any atom is 0.123 e. The van der Waals surface area contributed by atoms with Crippen molar-refractivity contribution in [1.82, 2.24) is 4.98 Å². The van der Waals surface area contributed by atoms with E-state index in [1.807, 2.05) is 19.2 Å². The van der Waals surface area contributed by atoms with Crippen LogP contribution in [0.3, 0.4) is 0 Å². The molecule has 1 aromatic carbocycles. The highest BCUT2D eigenvalue weighted by Gasteiger charge is 2.17. The van der Waals surface area contributed by atoms with Crippen molar-refractivity contribution in [2.45, 2.75) is 40.0 Å². The third-order valence-corrected chi connectivity index (χ3v) is 3.36. The second kappa shape index (κ2) is 4.76. The Labute approximate surface area is 114 Å². The maximum atomic E-state index is 13.2. The van der Waals surface area contributed by atoms with Crippen LogP contribution in [0.1, 0.15) is 37.6 Å². The summed E-state index contributed by atoms with van der Waals surface area (Å²) in [6, 6.07) is 7.01. The molecule has 0 aliphatic rings. The summed E-state index contributed by atoms with van der Waals surface area (Å²) in [5, 5.41) is 0. The van der Waals surface area contributed by atoms with Crippen LogP contribution >= 0.6 is 0 Å². The Morgan fingerprint density at radius 3 is 2.11 bits per heavy atom. The molecule has 2 heteroatoms. The van der Waals surface area contributed by atoms with Crippen LogP contribution in [0.4, 0.5) is 4.39 Å². The van der Waals surface area contributed by atoms with Crippen LogP contribution < -0.4 is 0 Å². The van der Waals surface area contributed by atoms with Crippen molar-refractivity contribution in [3.8, 4) is 11.1 Å². The molecule has 0 aliphatic carbocycles. The van der Waals surface area contributed by atoms with Crippen LogP contribution in [0.25, 0.3) is 11.1 Å². The summed E-state index contributed by atoms with van der Waals surface area (Å²) in [5.74, 6) is -0.196. The van der Waals surface area contributed by atoms with Gasteiger partial charge in [-0.2, -0.15) is 0 Å². The molecule has 19 heavy (non-hydrogen) atoms. The first kappa shape index (κ1) is 13.7. The first-order valence-corrected chi connectivity index (χ1v) is 6.52. The standard InChI is InChI=1S/C17H20FN/c1-11-8-13(18)6-7-14(11)15-10-19-16(9-12(15)2)17(3,4)5/h6-10H,1-5H3. The van der Waals surface area contributed by atoms with Crippen molar-refractivity contribution < 1.29 is 4.39 Å². The van der Waals surface area contributed by atoms with Gasteiger partial charge in [-0.3, -0.25) is 4.98 Å². The van der Waals surface area contributed by atoms with Gasteiger partial charge in [0.1, 0.15) is 5.82 Å². The highest BCUT2D eigenvalue weighted by atomic mass is 19.1. The average Bonchev–Trinajstić information content (AvgIpc) is 2.28. The zero-order valence-corrected chi connectivity index (χ0v) is 12.2. The van der Waals surface area contributed by atoms with Crippen LogP contribution in [0.15, 0.2) is 30.5 Å². The lowest BCUT2D eigenvalue weighted by Gasteiger charge is -2.19. The van der Waals surface area contributed by atoms with Gasteiger partial charge in [0.2, 0.25) is 0 Å². The molecule has 0 spiro atoms. The average molecular weight is 257 g/mol. The Kier molecular flexibility index (Phi) is 3.44. The Hall–Kier alpha value is -1.70. The fourth-order valence-electron chi connectivity index (χ4n) is 2.18. The van der Waals surface area contributed by atoms with Crippen LogP contribution in [-0.2, 0) is 5.41 Å². The molecule has 100 valence electrons. The van der Waals surface area contributed by atoms with Crippen molar-refractivity contribution in [2.24, 2.45) is 0 Å². The molecule has 0 N–H and O–H groups in total. The van der Waals surface area contributed by atoms with Crippen molar-refractivity contribution >= 4 is 0 Å². The maximum absolute atomic E-state index is 13.2. The van der Waals surface area contributed by atoms with Crippen LogP contribution in [-0.4, -0.2) is 4.98 Å². The van der Waals surface area contributed by atoms with Crippen LogP contribution in [0.2, 0.25) is 0 Å². The predicted molar refractivity (Wildman–Crippen MR) is 77.8 cm³/mol. The number of halogens is 1. The summed E-state index contributed by atoms with van der Waals surface area (Å²) in [6.45, 7) is 10.5. The smallest absolute Gasteiger partial charge is 0.123 e. The van der Waals surface area contributed by atoms with Crippen molar-refractivity contribution in [2.75, 3.05) is 0 Å². The molecular formula is C17H20FN. The number of hydrogen-bond acceptors (Lipinski definition) is 1. The third kappa shape index (κ3) is 2.83. The first-order valence-electron chi connectivity index (χ1n) is 6.52. The fraction of sp³-hybridized carbons (Fsp3) is 0.353. The lowest BCUT2D eigenvalue weighted by Crippen LogP contribution is -2.13. The van der Waals surface area contributed by atoms with E-state index in [1.165, 1.54) is 11.6 Å². The molecule has 1 heterocycles. The second-order valence-corrected chi connectivity index (χ2v) is 6.09. The van der Waals surface area contributed by atoms with Gasteiger partial charge in [-0.15, -0.1) is 0 Å². The zero-order chi connectivity index (χ0) is 14.2. The summed E-state index contributed by atoms with van der Waals surface area (Å²) in [6.07, 6.45) is 1.90. The minimum atomic E-state index is -0.196. The molecule has 1 aromatic heterocycles. The summed E-state index contributed by atoms with van der Waals surface area (Å²) >= 11 is 0. The molecule has 0 atom stereocenters. The van der Waals surface area contributed by atoms with E-state index in [0.717, 1.165) is 22.4 Å². The minimum absolute atomic E-state index is 0.0428. The van der Waals surface area contributed by atoms with E-state index in [4.69, 9.17) is 0 Å². The fourth-order valence-corrected chi connectivity index (χ4v) is 2.18. The van der Waals surface area contributed by atoms with Crippen LogP contribution in [0, 0.1) is 19.7 Å². The molecule has 1 nitrogen and oxygen atoms in total. The summed E-state index contributed by atoms with van der Waals surface area (Å²) < 4.78 is 13.2. The number of aromatic nitrogens is 1. The van der Waals surface area contributed by atoms with E-state index < -0.39 is 0 Å². The van der Waals surface area contributed by atoms with Gasteiger partial charge < -0.3 is 0 Å². The molecule has 0 radical (unpaired) electrons. The summed E-state index contributed by atoms with van der Waals surface area (Å²) in [5.41, 5.74) is 5.36. The molecular weight excluding hydrogens is 237 g/mol. The Balaban J connectivity index is 2.52. The predicted octanol–water partition coefficient (Wildman–Crippen LogP) is 4.80. The highest BCUT2D eigenvalue weighted by Crippen LogP contribution is 2.29. The number of rotatable bonds is 1. The number of benzene rings is 1. The van der Waals surface area contributed by atoms with Crippen LogP contribution in [0.5, 0.6) is 0 Å². The molecule has 0 saturated heterocycles. The molecule has 2 aromatic rings. The topological polar surface area (TPSA) is 12.9 Å². The van der Waals surface area contributed by atoms with E-state index in [0.29, 0.717) is 0 Å². The number of aryl methyl sites for hydroxylation is 2. The van der Waals surface area contributed by atoms with E-state index >= 15 is 0 Å². The lowest BCUT2D eigenvalue weighted by molar-refractivity contribution is 0.568. The first-order chi connectivity index (χ1) is 8.79. The van der Waals surface area contributed by atoms with Gasteiger partial charge in [0.05, 0.1) is 0 Å². The molecule has 0 aliphatic heterocycles. The Morgan fingerprint density at radius 1 is 0.947 bits per heavy atom. The minimum Gasteiger partial charge on any atom is -0.260 e. The van der Waals surface area contributed by atoms with Gasteiger partial charge in [0.25, 0.3) is 0 Å². The molecule has 0 amide bonds. The molecule has 0 fully saturated rings. The van der Waals surface area contributed by atoms with Gasteiger partial charge in [0.15, 0.2) is 0 Å². The lowest BCUT2D eigenvalue weighted by atomic mass is 9.89. The third-order valence-electron chi connectivity index (χ3n) is 3.36. The van der Waals surface area contributed by atoms with Gasteiger partial charge in [-0.25, -0.2) is 4.39 Å². The summed E-state index contributed by atoms with van der Waals surface area (Å²) in [4.78, 5) is 4.56. The SMILES string of the molecule is Cc1cc(F)ccc1-c1cnc(C(C)(C)C)cc1C. The van der Waals surface area contributed by atoms with E-state index in [-0.39, 0.29) is 11.2 Å². The van der Waals surface area contributed by atoms with Gasteiger partial charge in [-0.05, 0) is 48.7 Å². The van der Waals surface area contributed by atoms with Gasteiger partial charge in [-0.1, -0.05) is 26.8 Å². The largest absolute Gasteiger partial charge is 0.260 e. The number of hydrogen-bond donors (Lipinski definition) is 0. The van der Waals surface area contributed by atoms with Gasteiger partial charge in [0, 0.05) is 22.9 Å². The van der Waals surface area contributed by atoms with Crippen molar-refractivity contribution in [3.05, 3.63) is 53.1 Å². The van der Waals surface area contributed by atoms with E-state index in [1.54, 1.807) is 6.07 Å². The molecule has 0 bridgehead atoms. The number of pyridine rings is 1. The van der Waals surface area contributed by atoms with Gasteiger partial charge >= 0.3 is 0 Å². The van der Waals surface area contributed by atoms with Crippen molar-refractivity contribution in [1.29, 1.82) is 0 Å². The highest BCUT2D eigenvalue weighted by molar-refractivity contribution is 5.69. The molecule has 0 saturated carbocycles.